The molecule has 0 bridgehead atoms. The lowest BCUT2D eigenvalue weighted by Crippen LogP contribution is -2.32. The molecule has 0 radical (unpaired) electrons. The first-order valence-corrected chi connectivity index (χ1v) is 6.84. The zero-order valence-corrected chi connectivity index (χ0v) is 13.0. The predicted octanol–water partition coefficient (Wildman–Crippen LogP) is 2.01. The second kappa shape index (κ2) is 7.22. The smallest absolute Gasteiger partial charge is 0.240 e. The molecule has 1 aromatic rings. The van der Waals surface area contributed by atoms with Crippen LogP contribution < -0.4 is 5.32 Å². The molecule has 5 nitrogen and oxygen atoms in total. The molecule has 0 saturated carbocycles. The molecule has 1 aliphatic heterocycles. The van der Waals surface area contributed by atoms with E-state index in [0.717, 1.165) is 24.7 Å². The standard InChI is InChI=1S/C13H24N4O.ClH/c1-9(14-4)7-12-15-13(18-16-12)8-17-10(2)5-6-11(17)3;/h9-11,14H,5-8H2,1-4H3;1H. The molecular formula is C13H25ClN4O. The summed E-state index contributed by atoms with van der Waals surface area (Å²) in [5, 5.41) is 7.22. The molecule has 3 atom stereocenters. The van der Waals surface area contributed by atoms with E-state index in [1.54, 1.807) is 0 Å². The number of hydrogen-bond acceptors (Lipinski definition) is 5. The molecule has 19 heavy (non-hydrogen) atoms. The highest BCUT2D eigenvalue weighted by Crippen LogP contribution is 2.25. The number of halogens is 1. The molecule has 1 saturated heterocycles. The molecule has 1 N–H and O–H groups in total. The SMILES string of the molecule is CNC(C)Cc1noc(CN2C(C)CCC2C)n1.Cl. The first-order valence-electron chi connectivity index (χ1n) is 6.84. The van der Waals surface area contributed by atoms with Crippen LogP contribution in [0.15, 0.2) is 4.52 Å². The van der Waals surface area contributed by atoms with Crippen molar-refractivity contribution in [3.63, 3.8) is 0 Å². The maximum Gasteiger partial charge on any atom is 0.240 e. The topological polar surface area (TPSA) is 54.2 Å². The van der Waals surface area contributed by atoms with E-state index >= 15 is 0 Å². The summed E-state index contributed by atoms with van der Waals surface area (Å²) in [6, 6.07) is 1.61. The molecule has 1 aromatic heterocycles. The van der Waals surface area contributed by atoms with Crippen molar-refractivity contribution in [3.05, 3.63) is 11.7 Å². The molecule has 3 unspecified atom stereocenters. The van der Waals surface area contributed by atoms with Crippen LogP contribution in [-0.4, -0.2) is 40.2 Å². The van der Waals surface area contributed by atoms with Gasteiger partial charge < -0.3 is 9.84 Å². The van der Waals surface area contributed by atoms with Crippen molar-refractivity contribution in [2.75, 3.05) is 7.05 Å². The fraction of sp³-hybridized carbons (Fsp3) is 0.846. The number of likely N-dealkylation sites (tertiary alicyclic amines) is 1. The van der Waals surface area contributed by atoms with Gasteiger partial charge in [0, 0.05) is 24.5 Å². The fourth-order valence-electron chi connectivity index (χ4n) is 2.53. The van der Waals surface area contributed by atoms with Gasteiger partial charge in [0.25, 0.3) is 0 Å². The van der Waals surface area contributed by atoms with Crippen LogP contribution in [0.1, 0.15) is 45.3 Å². The molecule has 1 fully saturated rings. The van der Waals surface area contributed by atoms with Crippen LogP contribution >= 0.6 is 12.4 Å². The van der Waals surface area contributed by atoms with Gasteiger partial charge in [-0.25, -0.2) is 0 Å². The first kappa shape index (κ1) is 16.4. The van der Waals surface area contributed by atoms with E-state index in [1.165, 1.54) is 12.8 Å². The Morgan fingerprint density at radius 3 is 2.58 bits per heavy atom. The van der Waals surface area contributed by atoms with Crippen molar-refractivity contribution < 1.29 is 4.52 Å². The maximum absolute atomic E-state index is 5.34. The van der Waals surface area contributed by atoms with E-state index in [9.17, 15) is 0 Å². The van der Waals surface area contributed by atoms with E-state index < -0.39 is 0 Å². The first-order chi connectivity index (χ1) is 8.60. The normalized spacial score (nSPS) is 25.3. The second-order valence-electron chi connectivity index (χ2n) is 5.45. The van der Waals surface area contributed by atoms with Gasteiger partial charge in [-0.2, -0.15) is 4.98 Å². The minimum Gasteiger partial charge on any atom is -0.338 e. The third-order valence-corrected chi connectivity index (χ3v) is 3.94. The van der Waals surface area contributed by atoms with E-state index in [4.69, 9.17) is 4.52 Å². The average molecular weight is 289 g/mol. The Morgan fingerprint density at radius 1 is 1.37 bits per heavy atom. The van der Waals surface area contributed by atoms with Gasteiger partial charge in [-0.3, -0.25) is 4.90 Å². The molecule has 0 aromatic carbocycles. The number of hydrogen-bond donors (Lipinski definition) is 1. The minimum atomic E-state index is 0. The van der Waals surface area contributed by atoms with Crippen molar-refractivity contribution in [1.82, 2.24) is 20.4 Å². The molecule has 6 heteroatoms. The quantitative estimate of drug-likeness (QED) is 0.898. The fourth-order valence-corrected chi connectivity index (χ4v) is 2.53. The lowest BCUT2D eigenvalue weighted by Gasteiger charge is -2.23. The molecule has 2 heterocycles. The van der Waals surface area contributed by atoms with Gasteiger partial charge in [0.1, 0.15) is 0 Å². The van der Waals surface area contributed by atoms with E-state index in [2.05, 4.69) is 41.1 Å². The highest BCUT2D eigenvalue weighted by Gasteiger charge is 2.28. The van der Waals surface area contributed by atoms with Crippen molar-refractivity contribution in [1.29, 1.82) is 0 Å². The number of rotatable bonds is 5. The molecule has 1 aliphatic rings. The van der Waals surface area contributed by atoms with Crippen LogP contribution in [0.3, 0.4) is 0 Å². The molecular weight excluding hydrogens is 264 g/mol. The van der Waals surface area contributed by atoms with Crippen molar-refractivity contribution in [3.8, 4) is 0 Å². The van der Waals surface area contributed by atoms with Crippen molar-refractivity contribution >= 4 is 12.4 Å². The summed E-state index contributed by atoms with van der Waals surface area (Å²) in [6.07, 6.45) is 3.34. The molecule has 0 amide bonds. The highest BCUT2D eigenvalue weighted by molar-refractivity contribution is 5.85. The van der Waals surface area contributed by atoms with E-state index in [1.807, 2.05) is 7.05 Å². The van der Waals surface area contributed by atoms with Gasteiger partial charge in [0.15, 0.2) is 5.82 Å². The van der Waals surface area contributed by atoms with E-state index in [-0.39, 0.29) is 12.4 Å². The Hall–Kier alpha value is -0.650. The van der Waals surface area contributed by atoms with E-state index in [0.29, 0.717) is 18.1 Å². The number of nitrogens with one attached hydrogen (secondary N) is 1. The minimum absolute atomic E-state index is 0. The van der Waals surface area contributed by atoms with Crippen LogP contribution in [0.5, 0.6) is 0 Å². The van der Waals surface area contributed by atoms with Crippen LogP contribution in [0.25, 0.3) is 0 Å². The molecule has 0 aliphatic carbocycles. The maximum atomic E-state index is 5.34. The van der Waals surface area contributed by atoms with Crippen molar-refractivity contribution in [2.45, 2.75) is 64.7 Å². The van der Waals surface area contributed by atoms with Gasteiger partial charge >= 0.3 is 0 Å². The second-order valence-corrected chi connectivity index (χ2v) is 5.45. The molecule has 0 spiro atoms. The summed E-state index contributed by atoms with van der Waals surface area (Å²) in [6.45, 7) is 7.43. The Kier molecular flexibility index (Phi) is 6.23. The number of nitrogens with zero attached hydrogens (tertiary/aromatic N) is 3. The van der Waals surface area contributed by atoms with Crippen LogP contribution in [-0.2, 0) is 13.0 Å². The Morgan fingerprint density at radius 2 is 2.00 bits per heavy atom. The molecule has 2 rings (SSSR count). The summed E-state index contributed by atoms with van der Waals surface area (Å²) in [4.78, 5) is 6.91. The predicted molar refractivity (Wildman–Crippen MR) is 77.5 cm³/mol. The van der Waals surface area contributed by atoms with Gasteiger partial charge in [-0.05, 0) is 40.7 Å². The van der Waals surface area contributed by atoms with Crippen LogP contribution in [0.4, 0.5) is 0 Å². The Labute approximate surface area is 121 Å². The van der Waals surface area contributed by atoms with Gasteiger partial charge in [0.05, 0.1) is 6.54 Å². The lowest BCUT2D eigenvalue weighted by atomic mass is 10.2. The summed E-state index contributed by atoms with van der Waals surface area (Å²) in [7, 11) is 1.94. The number of aromatic nitrogens is 2. The monoisotopic (exact) mass is 288 g/mol. The number of likely N-dealkylation sites (N-methyl/N-ethyl adjacent to an activating group) is 1. The zero-order valence-electron chi connectivity index (χ0n) is 12.2. The third kappa shape index (κ3) is 4.16. The lowest BCUT2D eigenvalue weighted by molar-refractivity contribution is 0.177. The van der Waals surface area contributed by atoms with Crippen LogP contribution in [0.2, 0.25) is 0 Å². The Bertz CT molecular complexity index is 374. The summed E-state index contributed by atoms with van der Waals surface area (Å²) >= 11 is 0. The Balaban J connectivity index is 0.00000180. The summed E-state index contributed by atoms with van der Waals surface area (Å²) in [5.74, 6) is 1.54. The van der Waals surface area contributed by atoms with Gasteiger partial charge in [-0.15, -0.1) is 12.4 Å². The van der Waals surface area contributed by atoms with Gasteiger partial charge in [-0.1, -0.05) is 5.16 Å². The largest absolute Gasteiger partial charge is 0.338 e. The third-order valence-electron chi connectivity index (χ3n) is 3.94. The highest BCUT2D eigenvalue weighted by atomic mass is 35.5. The average Bonchev–Trinajstić information content (AvgIpc) is 2.91. The summed E-state index contributed by atoms with van der Waals surface area (Å²) < 4.78 is 5.34. The van der Waals surface area contributed by atoms with Gasteiger partial charge in [0.2, 0.25) is 5.89 Å². The summed E-state index contributed by atoms with van der Waals surface area (Å²) in [5.41, 5.74) is 0. The zero-order chi connectivity index (χ0) is 13.1. The van der Waals surface area contributed by atoms with Crippen LogP contribution in [0, 0.1) is 0 Å². The van der Waals surface area contributed by atoms with Crippen molar-refractivity contribution in [2.24, 2.45) is 0 Å². The molecule has 110 valence electrons.